The van der Waals surface area contributed by atoms with Gasteiger partial charge in [0.15, 0.2) is 8.46 Å². The Hall–Kier alpha value is 0.0600. The minimum Gasteiger partial charge on any atom is -0.393 e. The first-order valence-corrected chi connectivity index (χ1v) is 5.82. The third-order valence-electron chi connectivity index (χ3n) is 3.24. The van der Waals surface area contributed by atoms with E-state index < -0.39 is 0 Å². The second-order valence-electron chi connectivity index (χ2n) is 4.81. The molecule has 0 spiro atoms. The smallest absolute Gasteiger partial charge is 0.161 e. The molecule has 0 heterocycles. The predicted octanol–water partition coefficient (Wildman–Crippen LogP) is 2.85. The summed E-state index contributed by atoms with van der Waals surface area (Å²) in [6, 6.07) is 0. The Morgan fingerprint density at radius 1 is 1.54 bits per heavy atom. The minimum atomic E-state index is -0.264. The van der Waals surface area contributed by atoms with Gasteiger partial charge in [0.1, 0.15) is 0 Å². The number of hydrogen-bond donors (Lipinski definition) is 1. The van der Waals surface area contributed by atoms with Crippen LogP contribution >= 0.6 is 8.46 Å². The molecule has 0 unspecified atom stereocenters. The molecule has 1 saturated carbocycles. The van der Waals surface area contributed by atoms with Crippen molar-refractivity contribution in [2.75, 3.05) is 0 Å². The van der Waals surface area contributed by atoms with E-state index in [9.17, 15) is 9.67 Å². The fourth-order valence-corrected chi connectivity index (χ4v) is 2.72. The van der Waals surface area contributed by atoms with E-state index in [2.05, 4.69) is 13.8 Å². The van der Waals surface area contributed by atoms with Crippen molar-refractivity contribution in [3.05, 3.63) is 0 Å². The molecule has 0 bridgehead atoms. The highest BCUT2D eigenvalue weighted by atomic mass is 31.1. The van der Waals surface area contributed by atoms with Crippen molar-refractivity contribution in [2.24, 2.45) is 11.8 Å². The zero-order valence-electron chi connectivity index (χ0n) is 8.66. The Bertz CT molecular complexity index is 193. The van der Waals surface area contributed by atoms with Gasteiger partial charge in [0.2, 0.25) is 0 Å². The van der Waals surface area contributed by atoms with Gasteiger partial charge in [-0.1, -0.05) is 13.8 Å². The Kier molecular flexibility index (Phi) is 3.48. The lowest BCUT2D eigenvalue weighted by Gasteiger charge is -2.38. The molecular formula is C10H19O2P. The SMILES string of the molecule is CC(C)[C@@H]1CC[C@](C)(P=O)C[C@H]1O. The summed E-state index contributed by atoms with van der Waals surface area (Å²) in [7, 11) is 0.187. The van der Waals surface area contributed by atoms with Gasteiger partial charge >= 0.3 is 0 Å². The summed E-state index contributed by atoms with van der Waals surface area (Å²) in [5.74, 6) is 0.928. The van der Waals surface area contributed by atoms with Crippen LogP contribution in [0, 0.1) is 11.8 Å². The molecule has 0 amide bonds. The van der Waals surface area contributed by atoms with Crippen molar-refractivity contribution in [2.45, 2.75) is 51.3 Å². The van der Waals surface area contributed by atoms with Gasteiger partial charge in [-0.05, 0) is 38.0 Å². The molecule has 3 heteroatoms. The standard InChI is InChI=1S/C10H19O2P/c1-7(2)8-4-5-10(3,13-12)6-9(8)11/h7-9,11H,4-6H2,1-3H3/t8-,9+,10-/m0/s1. The fourth-order valence-electron chi connectivity index (χ4n) is 2.23. The second-order valence-corrected chi connectivity index (χ2v) is 6.07. The lowest BCUT2D eigenvalue weighted by molar-refractivity contribution is 0.0332. The molecule has 0 aromatic carbocycles. The summed E-state index contributed by atoms with van der Waals surface area (Å²) >= 11 is 0. The van der Waals surface area contributed by atoms with E-state index in [-0.39, 0.29) is 19.7 Å². The number of rotatable bonds is 2. The molecular weight excluding hydrogens is 183 g/mol. The minimum absolute atomic E-state index is 0.176. The van der Waals surface area contributed by atoms with Gasteiger partial charge in [0.05, 0.1) is 11.3 Å². The zero-order valence-corrected chi connectivity index (χ0v) is 9.55. The summed E-state index contributed by atoms with van der Waals surface area (Å²) < 4.78 is 10.9. The van der Waals surface area contributed by atoms with Gasteiger partial charge in [0.25, 0.3) is 0 Å². The maximum Gasteiger partial charge on any atom is 0.161 e. The first kappa shape index (κ1) is 11.1. The average molecular weight is 202 g/mol. The van der Waals surface area contributed by atoms with Crippen LogP contribution in [-0.2, 0) is 4.57 Å². The molecule has 1 aliphatic rings. The first-order valence-electron chi connectivity index (χ1n) is 5.01. The molecule has 13 heavy (non-hydrogen) atoms. The van der Waals surface area contributed by atoms with Crippen molar-refractivity contribution in [3.63, 3.8) is 0 Å². The molecule has 1 rings (SSSR count). The molecule has 1 N–H and O–H groups in total. The van der Waals surface area contributed by atoms with Gasteiger partial charge in [-0.15, -0.1) is 0 Å². The topological polar surface area (TPSA) is 37.3 Å². The van der Waals surface area contributed by atoms with E-state index in [0.29, 0.717) is 18.3 Å². The Morgan fingerprint density at radius 3 is 2.54 bits per heavy atom. The Labute approximate surface area is 81.9 Å². The van der Waals surface area contributed by atoms with Crippen molar-refractivity contribution >= 4 is 8.46 Å². The van der Waals surface area contributed by atoms with Crippen LogP contribution in [0.5, 0.6) is 0 Å². The van der Waals surface area contributed by atoms with Crippen LogP contribution in [0.1, 0.15) is 40.0 Å². The van der Waals surface area contributed by atoms with Crippen LogP contribution in [0.2, 0.25) is 0 Å². The summed E-state index contributed by atoms with van der Waals surface area (Å²) in [6.45, 7) is 6.28. The highest BCUT2D eigenvalue weighted by Crippen LogP contribution is 2.42. The molecule has 2 nitrogen and oxygen atoms in total. The summed E-state index contributed by atoms with van der Waals surface area (Å²) in [4.78, 5) is 0. The summed E-state index contributed by atoms with van der Waals surface area (Å²) in [5.41, 5.74) is 0. The largest absolute Gasteiger partial charge is 0.393 e. The van der Waals surface area contributed by atoms with Crippen molar-refractivity contribution in [1.82, 2.24) is 0 Å². The molecule has 1 aliphatic carbocycles. The maximum absolute atomic E-state index is 10.9. The fraction of sp³-hybridized carbons (Fsp3) is 1.00. The highest BCUT2D eigenvalue weighted by molar-refractivity contribution is 7.26. The molecule has 0 aromatic heterocycles. The monoisotopic (exact) mass is 202 g/mol. The van der Waals surface area contributed by atoms with Gasteiger partial charge in [-0.3, -0.25) is 4.57 Å². The van der Waals surface area contributed by atoms with Crippen molar-refractivity contribution < 1.29 is 9.67 Å². The van der Waals surface area contributed by atoms with Crippen LogP contribution in [-0.4, -0.2) is 16.4 Å². The van der Waals surface area contributed by atoms with Crippen molar-refractivity contribution in [1.29, 1.82) is 0 Å². The average Bonchev–Trinajstić information content (AvgIpc) is 2.03. The lowest BCUT2D eigenvalue weighted by Crippen LogP contribution is -2.38. The Morgan fingerprint density at radius 2 is 2.15 bits per heavy atom. The van der Waals surface area contributed by atoms with Crippen LogP contribution < -0.4 is 0 Å². The lowest BCUT2D eigenvalue weighted by atomic mass is 9.75. The number of aliphatic hydroxyl groups is 1. The van der Waals surface area contributed by atoms with E-state index in [1.165, 1.54) is 0 Å². The van der Waals surface area contributed by atoms with E-state index in [1.807, 2.05) is 6.92 Å². The molecule has 0 aliphatic heterocycles. The zero-order chi connectivity index (χ0) is 10.1. The Balaban J connectivity index is 2.61. The number of hydrogen-bond acceptors (Lipinski definition) is 2. The molecule has 0 saturated heterocycles. The quantitative estimate of drug-likeness (QED) is 0.699. The van der Waals surface area contributed by atoms with Crippen LogP contribution in [0.25, 0.3) is 0 Å². The maximum atomic E-state index is 10.9. The second kappa shape index (κ2) is 4.06. The molecule has 3 atom stereocenters. The summed E-state index contributed by atoms with van der Waals surface area (Å²) in [5, 5.41) is 9.69. The van der Waals surface area contributed by atoms with Crippen molar-refractivity contribution in [3.8, 4) is 0 Å². The first-order chi connectivity index (χ1) is 5.98. The van der Waals surface area contributed by atoms with E-state index in [1.54, 1.807) is 0 Å². The normalized spacial score (nSPS) is 41.3. The van der Waals surface area contributed by atoms with Gasteiger partial charge < -0.3 is 5.11 Å². The van der Waals surface area contributed by atoms with Gasteiger partial charge in [0, 0.05) is 0 Å². The highest BCUT2D eigenvalue weighted by Gasteiger charge is 2.38. The molecule has 76 valence electrons. The predicted molar refractivity (Wildman–Crippen MR) is 54.2 cm³/mol. The van der Waals surface area contributed by atoms with E-state index >= 15 is 0 Å². The number of aliphatic hydroxyl groups excluding tert-OH is 1. The third-order valence-corrected chi connectivity index (χ3v) is 4.08. The molecule has 0 aromatic rings. The van der Waals surface area contributed by atoms with Crippen LogP contribution in [0.3, 0.4) is 0 Å². The van der Waals surface area contributed by atoms with E-state index in [0.717, 1.165) is 12.8 Å². The van der Waals surface area contributed by atoms with E-state index in [4.69, 9.17) is 0 Å². The molecule has 1 fully saturated rings. The molecule has 0 radical (unpaired) electrons. The van der Waals surface area contributed by atoms with Crippen LogP contribution in [0.4, 0.5) is 0 Å². The third kappa shape index (κ3) is 2.51. The summed E-state index contributed by atoms with van der Waals surface area (Å²) in [6.07, 6.45) is 2.39. The van der Waals surface area contributed by atoms with Gasteiger partial charge in [-0.2, -0.15) is 0 Å². The van der Waals surface area contributed by atoms with Gasteiger partial charge in [-0.25, -0.2) is 0 Å². The van der Waals surface area contributed by atoms with Crippen LogP contribution in [0.15, 0.2) is 0 Å².